The molecule has 86 valence electrons. The SMILES string of the molecule is CC1OCCC1NC(=O)c1cc[nH]c(=O)c1. The van der Waals surface area contributed by atoms with E-state index in [2.05, 4.69) is 10.3 Å². The number of ether oxygens (including phenoxy) is 1. The van der Waals surface area contributed by atoms with Crippen molar-refractivity contribution < 1.29 is 9.53 Å². The number of hydrogen-bond donors (Lipinski definition) is 2. The standard InChI is InChI=1S/C11H14N2O3/c1-7-9(3-5-16-7)13-11(15)8-2-4-12-10(14)6-8/h2,4,6-7,9H,3,5H2,1H3,(H,12,14)(H,13,15). The lowest BCUT2D eigenvalue weighted by Crippen LogP contribution is -2.39. The molecule has 16 heavy (non-hydrogen) atoms. The first-order valence-corrected chi connectivity index (χ1v) is 5.28. The summed E-state index contributed by atoms with van der Waals surface area (Å²) >= 11 is 0. The fourth-order valence-electron chi connectivity index (χ4n) is 1.76. The summed E-state index contributed by atoms with van der Waals surface area (Å²) in [6.45, 7) is 2.59. The van der Waals surface area contributed by atoms with Gasteiger partial charge in [-0.15, -0.1) is 0 Å². The molecule has 1 aromatic heterocycles. The molecule has 5 heteroatoms. The van der Waals surface area contributed by atoms with E-state index < -0.39 is 0 Å². The van der Waals surface area contributed by atoms with Crippen molar-refractivity contribution in [1.82, 2.24) is 10.3 Å². The number of rotatable bonds is 2. The molecule has 0 spiro atoms. The van der Waals surface area contributed by atoms with Crippen LogP contribution in [0.3, 0.4) is 0 Å². The number of amides is 1. The van der Waals surface area contributed by atoms with Gasteiger partial charge in [0.2, 0.25) is 5.56 Å². The van der Waals surface area contributed by atoms with E-state index in [-0.39, 0.29) is 23.6 Å². The van der Waals surface area contributed by atoms with Gasteiger partial charge in [-0.1, -0.05) is 0 Å². The van der Waals surface area contributed by atoms with Crippen LogP contribution in [0.1, 0.15) is 23.7 Å². The number of H-pyrrole nitrogens is 1. The quantitative estimate of drug-likeness (QED) is 0.755. The van der Waals surface area contributed by atoms with Gasteiger partial charge in [0.1, 0.15) is 0 Å². The molecule has 2 unspecified atom stereocenters. The molecule has 1 amide bonds. The van der Waals surface area contributed by atoms with Gasteiger partial charge in [0, 0.05) is 24.4 Å². The highest BCUT2D eigenvalue weighted by Gasteiger charge is 2.25. The van der Waals surface area contributed by atoms with E-state index in [1.165, 1.54) is 12.3 Å². The molecule has 0 bridgehead atoms. The monoisotopic (exact) mass is 222 g/mol. The molecule has 1 fully saturated rings. The first-order chi connectivity index (χ1) is 7.66. The third kappa shape index (κ3) is 2.30. The zero-order chi connectivity index (χ0) is 11.5. The molecule has 2 rings (SSSR count). The molecule has 0 saturated carbocycles. The fraction of sp³-hybridized carbons (Fsp3) is 0.455. The zero-order valence-electron chi connectivity index (χ0n) is 9.03. The summed E-state index contributed by atoms with van der Waals surface area (Å²) in [5.41, 5.74) is 0.103. The lowest BCUT2D eigenvalue weighted by molar-refractivity contribution is 0.0866. The first-order valence-electron chi connectivity index (χ1n) is 5.28. The van der Waals surface area contributed by atoms with Crippen LogP contribution in [0.4, 0.5) is 0 Å². The van der Waals surface area contributed by atoms with E-state index >= 15 is 0 Å². The van der Waals surface area contributed by atoms with Crippen LogP contribution in [-0.2, 0) is 4.74 Å². The second-order valence-corrected chi connectivity index (χ2v) is 3.89. The summed E-state index contributed by atoms with van der Waals surface area (Å²) in [5.74, 6) is -0.228. The molecule has 0 aliphatic carbocycles. The van der Waals surface area contributed by atoms with Crippen LogP contribution >= 0.6 is 0 Å². The van der Waals surface area contributed by atoms with Crippen LogP contribution in [0.15, 0.2) is 23.1 Å². The summed E-state index contributed by atoms with van der Waals surface area (Å²) in [7, 11) is 0. The average molecular weight is 222 g/mol. The third-order valence-corrected chi connectivity index (χ3v) is 2.73. The van der Waals surface area contributed by atoms with Crippen LogP contribution in [0.5, 0.6) is 0 Å². The van der Waals surface area contributed by atoms with Crippen molar-refractivity contribution in [2.24, 2.45) is 0 Å². The van der Waals surface area contributed by atoms with Gasteiger partial charge in [0.05, 0.1) is 12.1 Å². The number of carbonyl (C=O) groups is 1. The molecule has 5 nitrogen and oxygen atoms in total. The molecular weight excluding hydrogens is 208 g/mol. The highest BCUT2D eigenvalue weighted by molar-refractivity contribution is 5.94. The maximum atomic E-state index is 11.8. The number of carbonyl (C=O) groups excluding carboxylic acids is 1. The first kappa shape index (κ1) is 10.9. The Kier molecular flexibility index (Phi) is 3.05. The van der Waals surface area contributed by atoms with Gasteiger partial charge in [-0.2, -0.15) is 0 Å². The second-order valence-electron chi connectivity index (χ2n) is 3.89. The predicted molar refractivity (Wildman–Crippen MR) is 58.3 cm³/mol. The third-order valence-electron chi connectivity index (χ3n) is 2.73. The van der Waals surface area contributed by atoms with Crippen LogP contribution < -0.4 is 10.9 Å². The summed E-state index contributed by atoms with van der Waals surface area (Å²) < 4.78 is 5.34. The van der Waals surface area contributed by atoms with E-state index in [4.69, 9.17) is 4.74 Å². The van der Waals surface area contributed by atoms with Crippen molar-refractivity contribution in [3.8, 4) is 0 Å². The van der Waals surface area contributed by atoms with Gasteiger partial charge in [0.25, 0.3) is 5.91 Å². The van der Waals surface area contributed by atoms with E-state index in [0.29, 0.717) is 12.2 Å². The van der Waals surface area contributed by atoms with Gasteiger partial charge in [-0.3, -0.25) is 9.59 Å². The lowest BCUT2D eigenvalue weighted by Gasteiger charge is -2.15. The topological polar surface area (TPSA) is 71.2 Å². The minimum Gasteiger partial charge on any atom is -0.376 e. The molecule has 1 saturated heterocycles. The smallest absolute Gasteiger partial charge is 0.251 e. The fourth-order valence-corrected chi connectivity index (χ4v) is 1.76. The van der Waals surface area contributed by atoms with Crippen molar-refractivity contribution in [2.45, 2.75) is 25.5 Å². The molecule has 2 heterocycles. The molecule has 0 radical (unpaired) electrons. The van der Waals surface area contributed by atoms with Crippen LogP contribution in [0, 0.1) is 0 Å². The van der Waals surface area contributed by atoms with Crippen LogP contribution in [0.2, 0.25) is 0 Å². The highest BCUT2D eigenvalue weighted by atomic mass is 16.5. The van der Waals surface area contributed by atoms with Crippen molar-refractivity contribution >= 4 is 5.91 Å². The number of pyridine rings is 1. The van der Waals surface area contributed by atoms with Crippen molar-refractivity contribution in [2.75, 3.05) is 6.61 Å². The molecule has 1 aliphatic rings. The molecule has 1 aliphatic heterocycles. The van der Waals surface area contributed by atoms with Crippen LogP contribution in [-0.4, -0.2) is 29.6 Å². The Morgan fingerprint density at radius 2 is 2.44 bits per heavy atom. The van der Waals surface area contributed by atoms with Crippen LogP contribution in [0.25, 0.3) is 0 Å². The molecule has 2 N–H and O–H groups in total. The van der Waals surface area contributed by atoms with E-state index in [0.717, 1.165) is 6.42 Å². The van der Waals surface area contributed by atoms with Gasteiger partial charge < -0.3 is 15.0 Å². The summed E-state index contributed by atoms with van der Waals surface area (Å²) in [4.78, 5) is 25.3. The lowest BCUT2D eigenvalue weighted by atomic mass is 10.1. The number of hydrogen-bond acceptors (Lipinski definition) is 3. The predicted octanol–water partition coefficient (Wildman–Crippen LogP) is 0.282. The van der Waals surface area contributed by atoms with Crippen molar-refractivity contribution in [1.29, 1.82) is 0 Å². The Bertz CT molecular complexity index is 441. The average Bonchev–Trinajstić information content (AvgIpc) is 2.64. The maximum Gasteiger partial charge on any atom is 0.251 e. The Labute approximate surface area is 92.8 Å². The normalized spacial score (nSPS) is 24.3. The number of aromatic nitrogens is 1. The van der Waals surface area contributed by atoms with E-state index in [1.54, 1.807) is 6.07 Å². The Balaban J connectivity index is 2.05. The number of nitrogens with one attached hydrogen (secondary N) is 2. The van der Waals surface area contributed by atoms with Gasteiger partial charge in [-0.25, -0.2) is 0 Å². The summed E-state index contributed by atoms with van der Waals surface area (Å²) in [5, 5.41) is 2.86. The maximum absolute atomic E-state index is 11.8. The van der Waals surface area contributed by atoms with Gasteiger partial charge in [-0.05, 0) is 19.4 Å². The van der Waals surface area contributed by atoms with E-state index in [1.807, 2.05) is 6.92 Å². The summed E-state index contributed by atoms with van der Waals surface area (Å²) in [6, 6.07) is 2.90. The summed E-state index contributed by atoms with van der Waals surface area (Å²) in [6.07, 6.45) is 2.31. The Hall–Kier alpha value is -1.62. The second kappa shape index (κ2) is 4.49. The van der Waals surface area contributed by atoms with Crippen molar-refractivity contribution in [3.63, 3.8) is 0 Å². The van der Waals surface area contributed by atoms with E-state index in [9.17, 15) is 9.59 Å². The Morgan fingerprint density at radius 3 is 3.06 bits per heavy atom. The molecule has 1 aromatic rings. The Morgan fingerprint density at radius 1 is 1.62 bits per heavy atom. The highest BCUT2D eigenvalue weighted by Crippen LogP contribution is 2.12. The van der Waals surface area contributed by atoms with Gasteiger partial charge in [0.15, 0.2) is 0 Å². The van der Waals surface area contributed by atoms with Gasteiger partial charge >= 0.3 is 0 Å². The largest absolute Gasteiger partial charge is 0.376 e. The minimum absolute atomic E-state index is 0.0333. The zero-order valence-corrected chi connectivity index (χ0v) is 9.03. The molecule has 0 aromatic carbocycles. The van der Waals surface area contributed by atoms with Crippen molar-refractivity contribution in [3.05, 3.63) is 34.2 Å². The number of aromatic amines is 1. The molecular formula is C11H14N2O3. The minimum atomic E-state index is -0.275. The molecule has 2 atom stereocenters.